The van der Waals surface area contributed by atoms with E-state index in [0.717, 1.165) is 12.0 Å². The Hall–Kier alpha value is -1.91. The first-order valence-electron chi connectivity index (χ1n) is 33.5. The van der Waals surface area contributed by atoms with Gasteiger partial charge in [0, 0.05) is 5.41 Å². The van der Waals surface area contributed by atoms with Crippen molar-refractivity contribution in [2.75, 3.05) is 33.0 Å². The second kappa shape index (κ2) is 27.5. The maximum Gasteiger partial charge on any atom is 0.315 e. The second-order valence-corrected chi connectivity index (χ2v) is 30.8. The second-order valence-electron chi connectivity index (χ2n) is 30.8. The summed E-state index contributed by atoms with van der Waals surface area (Å²) in [5.74, 6) is -1.01. The van der Waals surface area contributed by atoms with Gasteiger partial charge in [0.15, 0.2) is 31.5 Å². The number of ether oxygens (including phenoxy) is 12. The molecule has 37 atom stereocenters. The van der Waals surface area contributed by atoms with Gasteiger partial charge in [-0.25, -0.2) is 0 Å². The van der Waals surface area contributed by atoms with Crippen LogP contribution in [0.15, 0.2) is 11.6 Å². The van der Waals surface area contributed by atoms with Crippen LogP contribution in [0.25, 0.3) is 0 Å². The van der Waals surface area contributed by atoms with Crippen molar-refractivity contribution >= 4 is 5.97 Å². The summed E-state index contributed by atoms with van der Waals surface area (Å²) in [7, 11) is 0. The van der Waals surface area contributed by atoms with Crippen LogP contribution in [0, 0.1) is 50.2 Å². The molecule has 0 aromatic carbocycles. The molecule has 5 aliphatic carbocycles. The summed E-state index contributed by atoms with van der Waals surface area (Å²) in [5, 5.41) is 185. The summed E-state index contributed by atoms with van der Waals surface area (Å²) in [6.45, 7) is 13.7. The van der Waals surface area contributed by atoms with E-state index < -0.39 is 220 Å². The van der Waals surface area contributed by atoms with Gasteiger partial charge in [-0.05, 0) is 117 Å². The number of aliphatic hydroxyl groups is 17. The molecule has 540 valence electrons. The van der Waals surface area contributed by atoms with Crippen LogP contribution in [0.4, 0.5) is 0 Å². The lowest BCUT2D eigenvalue weighted by atomic mass is 9.33. The third-order valence-corrected chi connectivity index (χ3v) is 24.9. The monoisotopic (exact) mass is 1350 g/mol. The molecule has 30 heteroatoms. The van der Waals surface area contributed by atoms with Crippen molar-refractivity contribution in [3.05, 3.63) is 11.6 Å². The van der Waals surface area contributed by atoms with Gasteiger partial charge in [-0.2, -0.15) is 0 Å². The van der Waals surface area contributed by atoms with E-state index in [1.807, 2.05) is 6.92 Å². The molecule has 0 bridgehead atoms. The fourth-order valence-electron chi connectivity index (χ4n) is 18.7. The number of allylic oxidation sites excluding steroid dienone is 2. The molecule has 17 N–H and O–H groups in total. The average Bonchev–Trinajstić information content (AvgIpc) is 0.676. The molecule has 6 heterocycles. The number of esters is 1. The van der Waals surface area contributed by atoms with E-state index in [-0.39, 0.29) is 47.2 Å². The number of carbonyl (C=O) groups is 1. The molecule has 10 fully saturated rings. The zero-order chi connectivity index (χ0) is 68.4. The highest BCUT2D eigenvalue weighted by molar-refractivity contribution is 5.79. The molecule has 30 nitrogen and oxygen atoms in total. The summed E-state index contributed by atoms with van der Waals surface area (Å²) >= 11 is 0. The SMILES string of the molecule is C[C@@H]1O[C@H](O[C@@H]2[C@@H](O)[C@@H](O)[C@H](OC[C@@H]3O[C@@H](OC(=O)[C@@]45CCC(C)(C)C[C@@H]4C4=CC[C@H]6[C@@]7(C)CC[C@H](O[C@H]8OC[C@H](O)[C@H](O)[C@@H]8O[C@@H]8O[C@@H](C)[C@H](O)[C@@H](O[C@H]9OC[C@H](O)[C@@H](O)[C@@H]9O)[C@H]8O)[C@@](C)(CO)[C@@H]7CC[C@@]6(C)[C@@]4(C)CC5)[C@@H](O)[C@H](O)[C@H]3O)O[C@H]2CO)[C@H](O)[C@H](O)[C@H]1O. The van der Waals surface area contributed by atoms with Gasteiger partial charge in [0.25, 0.3) is 0 Å². The van der Waals surface area contributed by atoms with Gasteiger partial charge in [-0.1, -0.05) is 53.2 Å². The summed E-state index contributed by atoms with van der Waals surface area (Å²) in [6.07, 6.45) is -37.4. The van der Waals surface area contributed by atoms with Crippen LogP contribution in [0.3, 0.4) is 0 Å². The smallest absolute Gasteiger partial charge is 0.315 e. The number of rotatable bonds is 15. The normalized spacial score (nSPS) is 55.3. The predicted molar refractivity (Wildman–Crippen MR) is 315 cm³/mol. The predicted octanol–water partition coefficient (Wildman–Crippen LogP) is -4.08. The molecule has 0 unspecified atom stereocenters. The highest BCUT2D eigenvalue weighted by atomic mass is 16.8. The molecule has 0 spiro atoms. The van der Waals surface area contributed by atoms with Crippen LogP contribution in [0.5, 0.6) is 0 Å². The van der Waals surface area contributed by atoms with E-state index in [4.69, 9.17) is 56.8 Å². The van der Waals surface area contributed by atoms with Crippen LogP contribution >= 0.6 is 0 Å². The Labute approximate surface area is 545 Å². The number of aliphatic hydroxyl groups excluding tert-OH is 17. The Morgan fingerprint density at radius 2 is 1.09 bits per heavy atom. The van der Waals surface area contributed by atoms with Gasteiger partial charge in [0.1, 0.15) is 122 Å². The Morgan fingerprint density at radius 1 is 0.511 bits per heavy atom. The van der Waals surface area contributed by atoms with Gasteiger partial charge in [-0.15, -0.1) is 0 Å². The topological polar surface area (TPSA) is 472 Å². The van der Waals surface area contributed by atoms with Crippen molar-refractivity contribution in [1.29, 1.82) is 0 Å². The minimum Gasteiger partial charge on any atom is -0.432 e. The maximum absolute atomic E-state index is 15.3. The Bertz CT molecular complexity index is 2640. The Morgan fingerprint density at radius 3 is 1.77 bits per heavy atom. The van der Waals surface area contributed by atoms with Crippen molar-refractivity contribution in [2.24, 2.45) is 50.2 Å². The van der Waals surface area contributed by atoms with Crippen LogP contribution in [0.1, 0.15) is 120 Å². The lowest BCUT2D eigenvalue weighted by molar-refractivity contribution is -0.379. The highest BCUT2D eigenvalue weighted by Crippen LogP contribution is 2.76. The summed E-state index contributed by atoms with van der Waals surface area (Å²) in [6, 6.07) is 0. The van der Waals surface area contributed by atoms with E-state index in [9.17, 15) is 86.8 Å². The van der Waals surface area contributed by atoms with Gasteiger partial charge in [-0.3, -0.25) is 4.79 Å². The van der Waals surface area contributed by atoms with Gasteiger partial charge >= 0.3 is 5.97 Å². The number of hydrogen-bond donors (Lipinski definition) is 17. The Balaban J connectivity index is 0.771. The molecule has 0 radical (unpaired) electrons. The largest absolute Gasteiger partial charge is 0.432 e. The summed E-state index contributed by atoms with van der Waals surface area (Å²) in [4.78, 5) is 15.3. The summed E-state index contributed by atoms with van der Waals surface area (Å²) in [5.41, 5.74) is -2.22. The van der Waals surface area contributed by atoms with Crippen molar-refractivity contribution in [3.63, 3.8) is 0 Å². The first-order chi connectivity index (χ1) is 44.1. The minimum absolute atomic E-state index is 0.0747. The molecule has 6 saturated heterocycles. The van der Waals surface area contributed by atoms with E-state index in [1.54, 1.807) is 0 Å². The molecule has 0 amide bonds. The fraction of sp³-hybridized carbons (Fsp3) is 0.953. The molecular formula is C64H104O30. The third-order valence-electron chi connectivity index (χ3n) is 24.9. The summed E-state index contributed by atoms with van der Waals surface area (Å²) < 4.78 is 71.3. The van der Waals surface area contributed by atoms with Crippen LogP contribution in [-0.4, -0.2) is 304 Å². The van der Waals surface area contributed by atoms with Crippen molar-refractivity contribution in [2.45, 2.75) is 298 Å². The lowest BCUT2D eigenvalue weighted by Crippen LogP contribution is -2.67. The molecule has 0 aromatic heterocycles. The molecule has 94 heavy (non-hydrogen) atoms. The number of fused-ring (bicyclic) bond motifs is 7. The Kier molecular flexibility index (Phi) is 21.4. The van der Waals surface area contributed by atoms with Gasteiger partial charge in [0.05, 0.1) is 56.8 Å². The van der Waals surface area contributed by atoms with Gasteiger partial charge in [0.2, 0.25) is 6.29 Å². The zero-order valence-electron chi connectivity index (χ0n) is 54.6. The van der Waals surface area contributed by atoms with E-state index >= 15 is 4.79 Å². The van der Waals surface area contributed by atoms with Crippen LogP contribution in [0.2, 0.25) is 0 Å². The molecule has 11 aliphatic rings. The molecular weight excluding hydrogens is 1250 g/mol. The minimum atomic E-state index is -1.92. The van der Waals surface area contributed by atoms with Crippen molar-refractivity contribution in [1.82, 2.24) is 0 Å². The van der Waals surface area contributed by atoms with Crippen molar-refractivity contribution in [3.8, 4) is 0 Å². The van der Waals surface area contributed by atoms with Gasteiger partial charge < -0.3 is 144 Å². The third kappa shape index (κ3) is 12.5. The van der Waals surface area contributed by atoms with E-state index in [1.165, 1.54) is 13.8 Å². The van der Waals surface area contributed by atoms with E-state index in [0.29, 0.717) is 57.8 Å². The highest BCUT2D eigenvalue weighted by Gasteiger charge is 2.71. The lowest BCUT2D eigenvalue weighted by Gasteiger charge is -2.71. The van der Waals surface area contributed by atoms with Crippen LogP contribution < -0.4 is 0 Å². The standard InChI is InChI=1S/C64H104O30/c1-25-36(69)41(74)45(78)54(86-25)91-49-31(20-65)88-52(47(80)43(49)76)85-23-32-40(73)42(75)46(79)55(89-32)94-58(82)64-17-15-59(3,4)19-28(64)27-9-10-34-60(5)13-12-35(61(6,24-66)33(60)11-14-63(34,8)62(27,7)16-18-64)90-57-51(39(72)30(68)22-84-57)93-56-48(81)50(37(70)26(2)87-56)92-53-44(77)38(71)29(67)21-83-53/h9,25-26,28-57,65-81H,10-24H2,1-8H3/t25-,26-,28+,29-,30-,31-,32-,33+,34-,35-,36-,37-,38+,39-,40-,41+,42+,43-,44-,45+,46-,47+,48+,49-,50+,51-,52+,53+,54+,55-,56-,57+,60-,61-,62-,63+,64+/m0/s1. The average molecular weight is 1350 g/mol. The molecule has 4 saturated carbocycles. The van der Waals surface area contributed by atoms with Crippen LogP contribution in [-0.2, 0) is 61.6 Å². The maximum atomic E-state index is 15.3. The zero-order valence-corrected chi connectivity index (χ0v) is 54.6. The van der Waals surface area contributed by atoms with Crippen molar-refractivity contribution < 1.29 is 148 Å². The first-order valence-corrected chi connectivity index (χ1v) is 33.5. The molecule has 0 aromatic rings. The first kappa shape index (κ1) is 73.3. The number of hydrogen-bond acceptors (Lipinski definition) is 30. The molecule has 11 rings (SSSR count). The van der Waals surface area contributed by atoms with E-state index in [2.05, 4.69) is 40.7 Å². The fourth-order valence-corrected chi connectivity index (χ4v) is 18.7. The molecule has 6 aliphatic heterocycles. The number of carbonyl (C=O) groups excluding carboxylic acids is 1. The quantitative estimate of drug-likeness (QED) is 0.0421.